The molecular formula is C25H29N5O2. The van der Waals surface area contributed by atoms with Gasteiger partial charge in [-0.2, -0.15) is 5.10 Å². The lowest BCUT2D eigenvalue weighted by atomic mass is 10.0. The van der Waals surface area contributed by atoms with Crippen LogP contribution in [-0.4, -0.2) is 21.6 Å². The number of amides is 2. The number of benzene rings is 2. The zero-order valence-corrected chi connectivity index (χ0v) is 18.5. The molecule has 1 aliphatic rings. The van der Waals surface area contributed by atoms with Gasteiger partial charge in [0.25, 0.3) is 11.8 Å². The third kappa shape index (κ3) is 4.23. The van der Waals surface area contributed by atoms with Crippen molar-refractivity contribution in [1.82, 2.24) is 15.1 Å². The van der Waals surface area contributed by atoms with Crippen molar-refractivity contribution in [2.45, 2.75) is 45.7 Å². The Morgan fingerprint density at radius 3 is 2.47 bits per heavy atom. The zero-order valence-electron chi connectivity index (χ0n) is 18.5. The summed E-state index contributed by atoms with van der Waals surface area (Å²) in [7, 11) is 0. The molecule has 2 amide bonds. The van der Waals surface area contributed by atoms with E-state index in [9.17, 15) is 9.59 Å². The molecule has 2 aromatic carbocycles. The van der Waals surface area contributed by atoms with Crippen molar-refractivity contribution in [3.63, 3.8) is 0 Å². The summed E-state index contributed by atoms with van der Waals surface area (Å²) in [5.41, 5.74) is 16.0. The number of hydrogen-bond donors (Lipinski definition) is 3. The molecule has 4 rings (SSSR count). The Morgan fingerprint density at radius 1 is 1.12 bits per heavy atom. The average molecular weight is 432 g/mol. The number of nitrogens with zero attached hydrogens (tertiary/aromatic N) is 2. The number of primary amides is 1. The Kier molecular flexibility index (Phi) is 5.99. The Balaban J connectivity index is 1.53. The van der Waals surface area contributed by atoms with Crippen molar-refractivity contribution >= 4 is 17.6 Å². The summed E-state index contributed by atoms with van der Waals surface area (Å²) in [5, 5.41) is 7.64. The SMILES string of the molecule is Cc1ccccc1C(=O)NCc1ccc(-c2nn(C3CCC(C)C3)c(N)c2C(N)=O)cc1. The fraction of sp³-hybridized carbons (Fsp3) is 0.320. The van der Waals surface area contributed by atoms with Crippen LogP contribution in [0.1, 0.15) is 64.1 Å². The van der Waals surface area contributed by atoms with E-state index in [1.807, 2.05) is 55.5 Å². The summed E-state index contributed by atoms with van der Waals surface area (Å²) >= 11 is 0. The van der Waals surface area contributed by atoms with Gasteiger partial charge in [0.2, 0.25) is 0 Å². The maximum Gasteiger partial charge on any atom is 0.254 e. The van der Waals surface area contributed by atoms with E-state index in [4.69, 9.17) is 16.6 Å². The highest BCUT2D eigenvalue weighted by molar-refractivity contribution is 6.03. The number of carbonyl (C=O) groups excluding carboxylic acids is 2. The summed E-state index contributed by atoms with van der Waals surface area (Å²) in [6.45, 7) is 4.52. The van der Waals surface area contributed by atoms with Crippen LogP contribution in [0, 0.1) is 12.8 Å². The van der Waals surface area contributed by atoms with Gasteiger partial charge >= 0.3 is 0 Å². The molecule has 5 N–H and O–H groups in total. The van der Waals surface area contributed by atoms with Crippen LogP contribution >= 0.6 is 0 Å². The molecular weight excluding hydrogens is 402 g/mol. The lowest BCUT2D eigenvalue weighted by Crippen LogP contribution is -2.23. The molecule has 2 atom stereocenters. The highest BCUT2D eigenvalue weighted by Gasteiger charge is 2.29. The Morgan fingerprint density at radius 2 is 1.84 bits per heavy atom. The van der Waals surface area contributed by atoms with Crippen molar-refractivity contribution in [3.8, 4) is 11.3 Å². The second-order valence-corrected chi connectivity index (χ2v) is 8.68. The predicted molar refractivity (Wildman–Crippen MR) is 125 cm³/mol. The van der Waals surface area contributed by atoms with Crippen LogP contribution in [0.3, 0.4) is 0 Å². The van der Waals surface area contributed by atoms with Gasteiger partial charge < -0.3 is 16.8 Å². The average Bonchev–Trinajstić information content (AvgIpc) is 3.35. The van der Waals surface area contributed by atoms with Gasteiger partial charge in [-0.25, -0.2) is 4.68 Å². The van der Waals surface area contributed by atoms with Crippen molar-refractivity contribution in [2.75, 3.05) is 5.73 Å². The lowest BCUT2D eigenvalue weighted by Gasteiger charge is -2.12. The first-order chi connectivity index (χ1) is 15.3. The summed E-state index contributed by atoms with van der Waals surface area (Å²) in [6.07, 6.45) is 3.10. The molecule has 0 saturated heterocycles. The molecule has 7 heteroatoms. The summed E-state index contributed by atoms with van der Waals surface area (Å²) in [4.78, 5) is 24.6. The molecule has 7 nitrogen and oxygen atoms in total. The van der Waals surface area contributed by atoms with E-state index in [1.54, 1.807) is 4.68 Å². The van der Waals surface area contributed by atoms with Gasteiger partial charge in [-0.3, -0.25) is 9.59 Å². The molecule has 32 heavy (non-hydrogen) atoms. The predicted octanol–water partition coefficient (Wildman–Crippen LogP) is 3.83. The van der Waals surface area contributed by atoms with Crippen molar-refractivity contribution in [1.29, 1.82) is 0 Å². The molecule has 1 aromatic heterocycles. The number of carbonyl (C=O) groups is 2. The Hall–Kier alpha value is -3.61. The minimum atomic E-state index is -0.579. The monoisotopic (exact) mass is 431 g/mol. The molecule has 3 aromatic rings. The smallest absolute Gasteiger partial charge is 0.254 e. The van der Waals surface area contributed by atoms with Crippen LogP contribution in [0.2, 0.25) is 0 Å². The molecule has 0 bridgehead atoms. The number of nitrogen functional groups attached to an aromatic ring is 1. The first-order valence-electron chi connectivity index (χ1n) is 11.0. The molecule has 1 saturated carbocycles. The Bertz CT molecular complexity index is 1150. The highest BCUT2D eigenvalue weighted by Crippen LogP contribution is 2.38. The van der Waals surface area contributed by atoms with E-state index >= 15 is 0 Å². The van der Waals surface area contributed by atoms with Crippen molar-refractivity contribution in [3.05, 3.63) is 70.8 Å². The van der Waals surface area contributed by atoms with Gasteiger partial charge in [-0.1, -0.05) is 49.4 Å². The van der Waals surface area contributed by atoms with E-state index in [-0.39, 0.29) is 17.5 Å². The minimum absolute atomic E-state index is 0.111. The molecule has 0 spiro atoms. The third-order valence-corrected chi connectivity index (χ3v) is 6.28. The summed E-state index contributed by atoms with van der Waals surface area (Å²) < 4.78 is 1.77. The van der Waals surface area contributed by atoms with Gasteiger partial charge in [-0.05, 0) is 49.3 Å². The van der Waals surface area contributed by atoms with Crippen LogP contribution in [0.25, 0.3) is 11.3 Å². The second-order valence-electron chi connectivity index (χ2n) is 8.68. The van der Waals surface area contributed by atoms with Crippen LogP contribution in [-0.2, 0) is 6.54 Å². The molecule has 0 radical (unpaired) electrons. The van der Waals surface area contributed by atoms with Crippen LogP contribution < -0.4 is 16.8 Å². The van der Waals surface area contributed by atoms with E-state index in [0.29, 0.717) is 29.5 Å². The van der Waals surface area contributed by atoms with Gasteiger partial charge in [0, 0.05) is 17.7 Å². The largest absolute Gasteiger partial charge is 0.383 e. The van der Waals surface area contributed by atoms with Gasteiger partial charge in [0.1, 0.15) is 17.1 Å². The number of aromatic nitrogens is 2. The van der Waals surface area contributed by atoms with E-state index in [2.05, 4.69) is 12.2 Å². The van der Waals surface area contributed by atoms with Crippen LogP contribution in [0.4, 0.5) is 5.82 Å². The van der Waals surface area contributed by atoms with Crippen molar-refractivity contribution in [2.24, 2.45) is 11.7 Å². The minimum Gasteiger partial charge on any atom is -0.383 e. The van der Waals surface area contributed by atoms with Crippen molar-refractivity contribution < 1.29 is 9.59 Å². The zero-order chi connectivity index (χ0) is 22.8. The highest BCUT2D eigenvalue weighted by atomic mass is 16.2. The fourth-order valence-electron chi connectivity index (χ4n) is 4.46. The standard InChI is InChI=1S/C25H29N5O2/c1-15-7-12-19(13-15)30-23(26)21(24(27)31)22(29-30)18-10-8-17(9-11-18)14-28-25(32)20-6-4-3-5-16(20)2/h3-6,8-11,15,19H,7,12-14,26H2,1-2H3,(H2,27,31)(H,28,32). The number of nitrogens with one attached hydrogen (secondary N) is 1. The maximum absolute atomic E-state index is 12.4. The second kappa shape index (κ2) is 8.86. The molecule has 1 heterocycles. The van der Waals surface area contributed by atoms with E-state index in [1.165, 1.54) is 0 Å². The number of nitrogens with two attached hydrogens (primary N) is 2. The van der Waals surface area contributed by atoms with E-state index in [0.717, 1.165) is 36.0 Å². The third-order valence-electron chi connectivity index (χ3n) is 6.28. The molecule has 1 fully saturated rings. The quantitative estimate of drug-likeness (QED) is 0.550. The molecule has 1 aliphatic carbocycles. The summed E-state index contributed by atoms with van der Waals surface area (Å²) in [6, 6.07) is 15.2. The number of aryl methyl sites for hydroxylation is 1. The first-order valence-corrected chi connectivity index (χ1v) is 11.0. The maximum atomic E-state index is 12.4. The van der Waals surface area contributed by atoms with E-state index < -0.39 is 5.91 Å². The Labute approximate surface area is 187 Å². The molecule has 166 valence electrons. The molecule has 2 unspecified atom stereocenters. The summed E-state index contributed by atoms with van der Waals surface area (Å²) in [5.74, 6) is 0.254. The fourth-order valence-corrected chi connectivity index (χ4v) is 4.46. The van der Waals surface area contributed by atoms with Gasteiger partial charge in [-0.15, -0.1) is 0 Å². The van der Waals surface area contributed by atoms with Gasteiger partial charge in [0.15, 0.2) is 0 Å². The lowest BCUT2D eigenvalue weighted by molar-refractivity contribution is 0.0949. The van der Waals surface area contributed by atoms with Crippen LogP contribution in [0.5, 0.6) is 0 Å². The number of anilines is 1. The first kappa shape index (κ1) is 21.6. The number of hydrogen-bond acceptors (Lipinski definition) is 4. The van der Waals surface area contributed by atoms with Crippen LogP contribution in [0.15, 0.2) is 48.5 Å². The van der Waals surface area contributed by atoms with Gasteiger partial charge in [0.05, 0.1) is 6.04 Å². The molecule has 0 aliphatic heterocycles. The number of rotatable bonds is 6. The topological polar surface area (TPSA) is 116 Å². The normalized spacial score (nSPS) is 17.9.